The van der Waals surface area contributed by atoms with Crippen molar-refractivity contribution in [2.24, 2.45) is 0 Å². The van der Waals surface area contributed by atoms with Crippen LogP contribution in [0.1, 0.15) is 34.3 Å². The lowest BCUT2D eigenvalue weighted by molar-refractivity contribution is 0.0952. The molecule has 1 heterocycles. The Morgan fingerprint density at radius 1 is 1.45 bits per heavy atom. The van der Waals surface area contributed by atoms with Crippen LogP contribution in [0.5, 0.6) is 0 Å². The molecule has 4 nitrogen and oxygen atoms in total. The molecule has 0 spiro atoms. The number of nitrogens with zero attached hydrogens (tertiary/aromatic N) is 1. The van der Waals surface area contributed by atoms with Crippen molar-refractivity contribution in [2.45, 2.75) is 26.7 Å². The molecule has 0 radical (unpaired) electrons. The molecular weight excluding hydrogens is 276 g/mol. The second-order valence-electron chi connectivity index (χ2n) is 4.55. The van der Waals surface area contributed by atoms with Gasteiger partial charge < -0.3 is 9.84 Å². The third-order valence-corrected chi connectivity index (χ3v) is 3.32. The van der Waals surface area contributed by atoms with Crippen LogP contribution in [-0.4, -0.2) is 17.6 Å². The number of aromatic nitrogens is 1. The average molecular weight is 293 g/mol. The van der Waals surface area contributed by atoms with Gasteiger partial charge in [0.05, 0.1) is 5.69 Å². The second kappa shape index (κ2) is 6.57. The van der Waals surface area contributed by atoms with Crippen LogP contribution in [0.2, 0.25) is 5.02 Å². The molecule has 1 aromatic carbocycles. The monoisotopic (exact) mass is 292 g/mol. The number of carbonyl (C=O) groups excluding carboxylic acids is 1. The first-order valence-corrected chi connectivity index (χ1v) is 6.97. The highest BCUT2D eigenvalue weighted by Crippen LogP contribution is 2.14. The van der Waals surface area contributed by atoms with Gasteiger partial charge in [0, 0.05) is 11.6 Å². The van der Waals surface area contributed by atoms with Crippen molar-refractivity contribution >= 4 is 17.5 Å². The highest BCUT2D eigenvalue weighted by atomic mass is 35.5. The zero-order valence-corrected chi connectivity index (χ0v) is 12.3. The third kappa shape index (κ3) is 3.39. The molecule has 1 N–H and O–H groups in total. The van der Waals surface area contributed by atoms with Crippen molar-refractivity contribution < 1.29 is 9.32 Å². The van der Waals surface area contributed by atoms with Gasteiger partial charge in [-0.1, -0.05) is 35.8 Å². The maximum absolute atomic E-state index is 12.1. The van der Waals surface area contributed by atoms with Crippen LogP contribution >= 0.6 is 11.6 Å². The van der Waals surface area contributed by atoms with E-state index in [9.17, 15) is 4.79 Å². The Labute approximate surface area is 123 Å². The Bertz CT molecular complexity index is 608. The Hall–Kier alpha value is -1.81. The molecule has 2 rings (SSSR count). The lowest BCUT2D eigenvalue weighted by Gasteiger charge is -2.05. The molecule has 0 saturated heterocycles. The maximum atomic E-state index is 12.1. The van der Waals surface area contributed by atoms with E-state index in [1.165, 1.54) is 0 Å². The Morgan fingerprint density at radius 2 is 2.25 bits per heavy atom. The van der Waals surface area contributed by atoms with Crippen LogP contribution in [0.3, 0.4) is 0 Å². The van der Waals surface area contributed by atoms with Gasteiger partial charge in [-0.2, -0.15) is 0 Å². The summed E-state index contributed by atoms with van der Waals surface area (Å²) in [6.45, 7) is 4.24. The van der Waals surface area contributed by atoms with E-state index in [0.29, 0.717) is 35.0 Å². The molecule has 0 fully saturated rings. The van der Waals surface area contributed by atoms with Crippen molar-refractivity contribution in [3.8, 4) is 0 Å². The summed E-state index contributed by atoms with van der Waals surface area (Å²) in [7, 11) is 0. The smallest absolute Gasteiger partial charge is 0.256 e. The van der Waals surface area contributed by atoms with Gasteiger partial charge in [0.1, 0.15) is 11.3 Å². The molecule has 2 aromatic rings. The van der Waals surface area contributed by atoms with Gasteiger partial charge >= 0.3 is 0 Å². The summed E-state index contributed by atoms with van der Waals surface area (Å²) in [6, 6.07) is 7.62. The molecule has 0 aliphatic carbocycles. The van der Waals surface area contributed by atoms with Crippen LogP contribution in [0.4, 0.5) is 0 Å². The molecular formula is C15H17ClN2O2. The van der Waals surface area contributed by atoms with E-state index < -0.39 is 0 Å². The van der Waals surface area contributed by atoms with Crippen LogP contribution in [0.15, 0.2) is 28.8 Å². The molecule has 0 bridgehead atoms. The fourth-order valence-corrected chi connectivity index (χ4v) is 2.26. The van der Waals surface area contributed by atoms with Crippen molar-refractivity contribution in [1.29, 1.82) is 0 Å². The molecule has 0 aliphatic heterocycles. The highest BCUT2D eigenvalue weighted by molar-refractivity contribution is 6.30. The number of halogens is 1. The summed E-state index contributed by atoms with van der Waals surface area (Å²) in [5.74, 6) is 0.421. The van der Waals surface area contributed by atoms with E-state index in [-0.39, 0.29) is 5.91 Å². The first-order chi connectivity index (χ1) is 9.61. The van der Waals surface area contributed by atoms with Gasteiger partial charge in [-0.3, -0.25) is 4.79 Å². The van der Waals surface area contributed by atoms with Gasteiger partial charge in [0.15, 0.2) is 0 Å². The number of aryl methyl sites for hydroxylation is 2. The minimum Gasteiger partial charge on any atom is -0.361 e. The Kier molecular flexibility index (Phi) is 4.79. The van der Waals surface area contributed by atoms with E-state index in [1.54, 1.807) is 6.92 Å². The lowest BCUT2D eigenvalue weighted by Crippen LogP contribution is -2.26. The van der Waals surface area contributed by atoms with Crippen LogP contribution in [-0.2, 0) is 12.8 Å². The van der Waals surface area contributed by atoms with E-state index in [1.807, 2.05) is 31.2 Å². The summed E-state index contributed by atoms with van der Waals surface area (Å²) in [5, 5.41) is 7.47. The summed E-state index contributed by atoms with van der Waals surface area (Å²) in [4.78, 5) is 12.1. The highest BCUT2D eigenvalue weighted by Gasteiger charge is 2.18. The largest absolute Gasteiger partial charge is 0.361 e. The standard InChI is InChI=1S/C15H17ClN2O2/c1-3-13-14(10(2)20-18-13)15(19)17-8-7-11-5-4-6-12(16)9-11/h4-6,9H,3,7-8H2,1-2H3,(H,17,19). The van der Waals surface area contributed by atoms with Gasteiger partial charge in [0.25, 0.3) is 5.91 Å². The molecule has 1 aromatic heterocycles. The number of carbonyl (C=O) groups is 1. The van der Waals surface area contributed by atoms with E-state index in [0.717, 1.165) is 12.0 Å². The zero-order chi connectivity index (χ0) is 14.5. The number of hydrogen-bond acceptors (Lipinski definition) is 3. The number of nitrogens with one attached hydrogen (secondary N) is 1. The summed E-state index contributed by atoms with van der Waals surface area (Å²) in [6.07, 6.45) is 1.41. The Balaban J connectivity index is 1.94. The minimum absolute atomic E-state index is 0.136. The third-order valence-electron chi connectivity index (χ3n) is 3.08. The van der Waals surface area contributed by atoms with Crippen LogP contribution < -0.4 is 5.32 Å². The minimum atomic E-state index is -0.136. The molecule has 106 valence electrons. The molecule has 20 heavy (non-hydrogen) atoms. The van der Waals surface area contributed by atoms with Crippen molar-refractivity contribution in [1.82, 2.24) is 10.5 Å². The molecule has 0 aliphatic rings. The topological polar surface area (TPSA) is 55.1 Å². The molecule has 5 heteroatoms. The lowest BCUT2D eigenvalue weighted by atomic mass is 10.1. The fourth-order valence-electron chi connectivity index (χ4n) is 2.05. The summed E-state index contributed by atoms with van der Waals surface area (Å²) < 4.78 is 5.06. The molecule has 0 atom stereocenters. The van der Waals surface area contributed by atoms with Crippen LogP contribution in [0, 0.1) is 6.92 Å². The average Bonchev–Trinajstić information content (AvgIpc) is 2.80. The second-order valence-corrected chi connectivity index (χ2v) is 4.99. The molecule has 0 saturated carbocycles. The zero-order valence-electron chi connectivity index (χ0n) is 11.6. The van der Waals surface area contributed by atoms with Gasteiger partial charge in [-0.25, -0.2) is 0 Å². The van der Waals surface area contributed by atoms with E-state index in [4.69, 9.17) is 16.1 Å². The van der Waals surface area contributed by atoms with Crippen molar-refractivity contribution in [2.75, 3.05) is 6.54 Å². The Morgan fingerprint density at radius 3 is 2.95 bits per heavy atom. The van der Waals surface area contributed by atoms with Gasteiger partial charge in [-0.15, -0.1) is 0 Å². The normalized spacial score (nSPS) is 10.6. The first-order valence-electron chi connectivity index (χ1n) is 6.59. The SMILES string of the molecule is CCc1noc(C)c1C(=O)NCCc1cccc(Cl)c1. The molecule has 1 amide bonds. The van der Waals surface area contributed by atoms with E-state index in [2.05, 4.69) is 10.5 Å². The van der Waals surface area contributed by atoms with Gasteiger partial charge in [0.2, 0.25) is 0 Å². The number of hydrogen-bond donors (Lipinski definition) is 1. The van der Waals surface area contributed by atoms with Crippen molar-refractivity contribution in [3.05, 3.63) is 51.9 Å². The van der Waals surface area contributed by atoms with Crippen LogP contribution in [0.25, 0.3) is 0 Å². The quantitative estimate of drug-likeness (QED) is 0.921. The predicted molar refractivity (Wildman–Crippen MR) is 78.1 cm³/mol. The summed E-state index contributed by atoms with van der Waals surface area (Å²) >= 11 is 5.92. The first kappa shape index (κ1) is 14.6. The maximum Gasteiger partial charge on any atom is 0.256 e. The summed E-state index contributed by atoms with van der Waals surface area (Å²) in [5.41, 5.74) is 2.34. The van der Waals surface area contributed by atoms with Crippen molar-refractivity contribution in [3.63, 3.8) is 0 Å². The number of rotatable bonds is 5. The fraction of sp³-hybridized carbons (Fsp3) is 0.333. The molecule has 0 unspecified atom stereocenters. The number of amides is 1. The van der Waals surface area contributed by atoms with Gasteiger partial charge in [-0.05, 0) is 37.5 Å². The predicted octanol–water partition coefficient (Wildman–Crippen LogP) is 3.17. The van der Waals surface area contributed by atoms with E-state index >= 15 is 0 Å². The number of benzene rings is 1.